The Morgan fingerprint density at radius 2 is 2.11 bits per heavy atom. The third kappa shape index (κ3) is 2.81. The van der Waals surface area contributed by atoms with Gasteiger partial charge in [-0.3, -0.25) is 4.79 Å². The van der Waals surface area contributed by atoms with E-state index in [1.54, 1.807) is 0 Å². The first-order chi connectivity index (χ1) is 8.00. The minimum absolute atomic E-state index is 0. The third-order valence-corrected chi connectivity index (χ3v) is 3.38. The van der Waals surface area contributed by atoms with Gasteiger partial charge in [-0.1, -0.05) is 0 Å². The summed E-state index contributed by atoms with van der Waals surface area (Å²) in [4.78, 5) is 13.3. The fourth-order valence-corrected chi connectivity index (χ4v) is 2.18. The number of likely N-dealkylation sites (tertiary alicyclic amines) is 1. The van der Waals surface area contributed by atoms with Crippen LogP contribution in [0.25, 0.3) is 0 Å². The summed E-state index contributed by atoms with van der Waals surface area (Å²) in [6, 6.07) is 2.19. The van der Waals surface area contributed by atoms with Gasteiger partial charge in [0.15, 0.2) is 5.82 Å². The van der Waals surface area contributed by atoms with Crippen LogP contribution in [0.1, 0.15) is 16.8 Å². The zero-order valence-electron chi connectivity index (χ0n) is 9.33. The van der Waals surface area contributed by atoms with Gasteiger partial charge >= 0.3 is 0 Å². The van der Waals surface area contributed by atoms with Gasteiger partial charge in [-0.2, -0.15) is 0 Å². The number of nitrogens with two attached hydrogens (primary N) is 1. The minimum Gasteiger partial charge on any atom is -0.337 e. The molecule has 0 saturated carbocycles. The van der Waals surface area contributed by atoms with Gasteiger partial charge < -0.3 is 10.6 Å². The van der Waals surface area contributed by atoms with E-state index in [0.29, 0.717) is 19.5 Å². The second kappa shape index (κ2) is 5.95. The number of carbonyl (C=O) groups is 1. The van der Waals surface area contributed by atoms with Crippen molar-refractivity contribution in [2.24, 2.45) is 5.73 Å². The van der Waals surface area contributed by atoms with Crippen LogP contribution in [0.5, 0.6) is 0 Å². The van der Waals surface area contributed by atoms with E-state index in [9.17, 15) is 13.6 Å². The Morgan fingerprint density at radius 3 is 2.67 bits per heavy atom. The molecule has 0 unspecified atom stereocenters. The van der Waals surface area contributed by atoms with E-state index in [2.05, 4.69) is 15.9 Å². The van der Waals surface area contributed by atoms with Crippen molar-refractivity contribution in [3.63, 3.8) is 0 Å². The molecule has 7 heteroatoms. The molecule has 2 N–H and O–H groups in total. The first-order valence-corrected chi connectivity index (χ1v) is 5.98. The van der Waals surface area contributed by atoms with Gasteiger partial charge in [0.1, 0.15) is 11.4 Å². The van der Waals surface area contributed by atoms with Crippen LogP contribution in [0.3, 0.4) is 0 Å². The van der Waals surface area contributed by atoms with E-state index in [1.165, 1.54) is 11.0 Å². The zero-order valence-corrected chi connectivity index (χ0v) is 11.7. The molecule has 1 atom stereocenters. The van der Waals surface area contributed by atoms with Crippen molar-refractivity contribution in [2.45, 2.75) is 12.5 Å². The van der Waals surface area contributed by atoms with Crippen molar-refractivity contribution in [3.05, 3.63) is 33.8 Å². The highest BCUT2D eigenvalue weighted by Crippen LogP contribution is 2.24. The lowest BCUT2D eigenvalue weighted by Crippen LogP contribution is -2.33. The molecule has 1 aromatic rings. The number of rotatable bonds is 1. The molecule has 100 valence electrons. The van der Waals surface area contributed by atoms with Crippen LogP contribution in [-0.4, -0.2) is 29.9 Å². The molecule has 1 aliphatic heterocycles. The van der Waals surface area contributed by atoms with Gasteiger partial charge in [-0.15, -0.1) is 12.4 Å². The first kappa shape index (κ1) is 15.3. The zero-order chi connectivity index (χ0) is 12.6. The topological polar surface area (TPSA) is 46.3 Å². The van der Waals surface area contributed by atoms with Crippen LogP contribution >= 0.6 is 28.3 Å². The van der Waals surface area contributed by atoms with Crippen molar-refractivity contribution < 1.29 is 13.6 Å². The Balaban J connectivity index is 0.00000162. The molecule has 1 fully saturated rings. The fourth-order valence-electron chi connectivity index (χ4n) is 1.85. The Morgan fingerprint density at radius 1 is 1.44 bits per heavy atom. The summed E-state index contributed by atoms with van der Waals surface area (Å²) in [5.41, 5.74) is 5.14. The van der Waals surface area contributed by atoms with Gasteiger partial charge in [0.2, 0.25) is 0 Å². The molecule has 18 heavy (non-hydrogen) atoms. The lowest BCUT2D eigenvalue weighted by atomic mass is 10.1. The Hall–Kier alpha value is -0.720. The Labute approximate surface area is 118 Å². The highest BCUT2D eigenvalue weighted by atomic mass is 79.9. The minimum atomic E-state index is -0.865. The first-order valence-electron chi connectivity index (χ1n) is 5.19. The maximum Gasteiger partial charge on any atom is 0.259 e. The van der Waals surface area contributed by atoms with Gasteiger partial charge in [0, 0.05) is 19.1 Å². The predicted octanol–water partition coefficient (Wildman–Crippen LogP) is 2.32. The molecular formula is C11H12BrClF2N2O. The fraction of sp³-hybridized carbons (Fsp3) is 0.364. The van der Waals surface area contributed by atoms with Crippen LogP contribution in [0.4, 0.5) is 8.78 Å². The molecule has 1 saturated heterocycles. The van der Waals surface area contributed by atoms with Crippen molar-refractivity contribution in [2.75, 3.05) is 13.1 Å². The maximum atomic E-state index is 13.7. The molecule has 1 amide bonds. The Bertz CT molecular complexity index is 473. The average Bonchev–Trinajstić information content (AvgIpc) is 2.71. The van der Waals surface area contributed by atoms with E-state index in [1.807, 2.05) is 0 Å². The molecule has 1 aliphatic rings. The third-order valence-electron chi connectivity index (χ3n) is 2.77. The van der Waals surface area contributed by atoms with Gasteiger partial charge in [0.05, 0.1) is 4.47 Å². The summed E-state index contributed by atoms with van der Waals surface area (Å²) >= 11 is 2.93. The van der Waals surface area contributed by atoms with Crippen LogP contribution in [0, 0.1) is 11.6 Å². The number of amides is 1. The highest BCUT2D eigenvalue weighted by Gasteiger charge is 2.29. The molecule has 2 rings (SSSR count). The van der Waals surface area contributed by atoms with E-state index in [-0.39, 0.29) is 22.9 Å². The lowest BCUT2D eigenvalue weighted by Gasteiger charge is -2.16. The van der Waals surface area contributed by atoms with E-state index in [0.717, 1.165) is 6.07 Å². The number of hydrogen-bond acceptors (Lipinski definition) is 2. The van der Waals surface area contributed by atoms with Crippen molar-refractivity contribution >= 4 is 34.2 Å². The number of benzene rings is 1. The van der Waals surface area contributed by atoms with Crippen LogP contribution in [-0.2, 0) is 0 Å². The molecule has 0 aromatic heterocycles. The number of nitrogens with zero attached hydrogens (tertiary/aromatic N) is 1. The number of carbonyl (C=O) groups excluding carboxylic acids is 1. The Kier molecular flexibility index (Phi) is 5.07. The van der Waals surface area contributed by atoms with Crippen LogP contribution < -0.4 is 5.73 Å². The monoisotopic (exact) mass is 340 g/mol. The quantitative estimate of drug-likeness (QED) is 0.797. The van der Waals surface area contributed by atoms with Gasteiger partial charge in [-0.05, 0) is 34.5 Å². The van der Waals surface area contributed by atoms with Crippen molar-refractivity contribution in [1.29, 1.82) is 0 Å². The molecule has 0 aliphatic carbocycles. The SMILES string of the molecule is Cl.N[C@@H]1CCN(C(=O)c2c(F)ccc(Br)c2F)C1. The summed E-state index contributed by atoms with van der Waals surface area (Å²) in [5.74, 6) is -2.36. The second-order valence-electron chi connectivity index (χ2n) is 4.02. The van der Waals surface area contributed by atoms with E-state index >= 15 is 0 Å². The average molecular weight is 342 g/mol. The predicted molar refractivity (Wildman–Crippen MR) is 69.8 cm³/mol. The lowest BCUT2D eigenvalue weighted by molar-refractivity contribution is 0.0781. The van der Waals surface area contributed by atoms with Gasteiger partial charge in [0.25, 0.3) is 5.91 Å². The summed E-state index contributed by atoms with van der Waals surface area (Å²) in [6.07, 6.45) is 0.656. The van der Waals surface area contributed by atoms with Crippen molar-refractivity contribution in [3.8, 4) is 0 Å². The summed E-state index contributed by atoms with van der Waals surface area (Å²) < 4.78 is 27.3. The molecular weight excluding hydrogens is 329 g/mol. The highest BCUT2D eigenvalue weighted by molar-refractivity contribution is 9.10. The molecule has 0 bridgehead atoms. The normalized spacial score (nSPS) is 18.7. The number of halogens is 4. The van der Waals surface area contributed by atoms with E-state index in [4.69, 9.17) is 5.73 Å². The van der Waals surface area contributed by atoms with E-state index < -0.39 is 23.1 Å². The smallest absolute Gasteiger partial charge is 0.259 e. The van der Waals surface area contributed by atoms with Crippen molar-refractivity contribution in [1.82, 2.24) is 4.90 Å². The largest absolute Gasteiger partial charge is 0.337 e. The molecule has 0 radical (unpaired) electrons. The van der Waals surface area contributed by atoms with Gasteiger partial charge in [-0.25, -0.2) is 8.78 Å². The van der Waals surface area contributed by atoms with Crippen LogP contribution in [0.2, 0.25) is 0 Å². The molecule has 3 nitrogen and oxygen atoms in total. The summed E-state index contributed by atoms with van der Waals surface area (Å²) in [6.45, 7) is 0.773. The molecule has 0 spiro atoms. The second-order valence-corrected chi connectivity index (χ2v) is 4.87. The summed E-state index contributed by atoms with van der Waals surface area (Å²) in [7, 11) is 0. The molecule has 1 heterocycles. The standard InChI is InChI=1S/C11H11BrF2N2O.ClH/c12-7-1-2-8(13)9(10(7)14)11(17)16-4-3-6(15)5-16;/h1-2,6H,3-5,15H2;1H/t6-;/m1./s1. The maximum absolute atomic E-state index is 13.7. The summed E-state index contributed by atoms with van der Waals surface area (Å²) in [5, 5.41) is 0. The van der Waals surface area contributed by atoms with Crippen LogP contribution in [0.15, 0.2) is 16.6 Å². The molecule has 1 aromatic carbocycles. The number of hydrogen-bond donors (Lipinski definition) is 1.